The fourth-order valence-corrected chi connectivity index (χ4v) is 2.99. The molecule has 1 unspecified atom stereocenters. The number of benzene rings is 1. The molecule has 0 radical (unpaired) electrons. The lowest BCUT2D eigenvalue weighted by atomic mass is 9.92. The molecule has 1 aromatic carbocycles. The smallest absolute Gasteiger partial charge is 0.0541 e. The molecule has 0 aromatic heterocycles. The first kappa shape index (κ1) is 14.1. The van der Waals surface area contributed by atoms with Crippen molar-refractivity contribution in [1.82, 2.24) is 5.32 Å². The van der Waals surface area contributed by atoms with Crippen molar-refractivity contribution in [3.8, 4) is 0 Å². The Hall–Kier alpha value is -0.280. The van der Waals surface area contributed by atoms with Gasteiger partial charge in [-0.1, -0.05) is 23.2 Å². The zero-order valence-electron chi connectivity index (χ0n) is 10.5. The average molecular weight is 288 g/mol. The molecule has 1 saturated carbocycles. The Bertz CT molecular complexity index is 403. The molecule has 0 bridgehead atoms. The third kappa shape index (κ3) is 3.61. The van der Waals surface area contributed by atoms with Gasteiger partial charge in [0.25, 0.3) is 0 Å². The SMILES string of the molecule is CC(NC1CCC(O)CC1)c1cc(Cl)ccc1Cl. The highest BCUT2D eigenvalue weighted by Gasteiger charge is 2.21. The monoisotopic (exact) mass is 287 g/mol. The van der Waals surface area contributed by atoms with Crippen molar-refractivity contribution >= 4 is 23.2 Å². The van der Waals surface area contributed by atoms with Crippen molar-refractivity contribution < 1.29 is 5.11 Å². The minimum absolute atomic E-state index is 0.117. The van der Waals surface area contributed by atoms with Gasteiger partial charge in [-0.3, -0.25) is 0 Å². The quantitative estimate of drug-likeness (QED) is 0.882. The number of halogens is 2. The lowest BCUT2D eigenvalue weighted by molar-refractivity contribution is 0.114. The van der Waals surface area contributed by atoms with Crippen molar-refractivity contribution in [2.75, 3.05) is 0 Å². The van der Waals surface area contributed by atoms with Crippen LogP contribution in [0.3, 0.4) is 0 Å². The van der Waals surface area contributed by atoms with Crippen molar-refractivity contribution in [2.45, 2.75) is 50.8 Å². The largest absolute Gasteiger partial charge is 0.393 e. The minimum Gasteiger partial charge on any atom is -0.393 e. The molecule has 100 valence electrons. The maximum atomic E-state index is 9.49. The average Bonchev–Trinajstić information content (AvgIpc) is 2.35. The van der Waals surface area contributed by atoms with Gasteiger partial charge in [0.15, 0.2) is 0 Å². The standard InChI is InChI=1S/C14H19Cl2NO/c1-9(13-8-10(15)2-7-14(13)16)17-11-3-5-12(18)6-4-11/h2,7-9,11-12,17-18H,3-6H2,1H3. The fraction of sp³-hybridized carbons (Fsp3) is 0.571. The number of hydrogen-bond acceptors (Lipinski definition) is 2. The number of nitrogens with one attached hydrogen (secondary N) is 1. The van der Waals surface area contributed by atoms with Gasteiger partial charge < -0.3 is 10.4 Å². The van der Waals surface area contributed by atoms with Gasteiger partial charge in [-0.15, -0.1) is 0 Å². The maximum Gasteiger partial charge on any atom is 0.0541 e. The highest BCUT2D eigenvalue weighted by molar-refractivity contribution is 6.33. The Balaban J connectivity index is 1.98. The Labute approximate surface area is 118 Å². The zero-order valence-corrected chi connectivity index (χ0v) is 12.0. The summed E-state index contributed by atoms with van der Waals surface area (Å²) >= 11 is 12.2. The van der Waals surface area contributed by atoms with Gasteiger partial charge in [-0.2, -0.15) is 0 Å². The molecular weight excluding hydrogens is 269 g/mol. The molecular formula is C14H19Cl2NO. The molecule has 2 rings (SSSR count). The van der Waals surface area contributed by atoms with Crippen LogP contribution >= 0.6 is 23.2 Å². The van der Waals surface area contributed by atoms with E-state index in [0.717, 1.165) is 36.3 Å². The van der Waals surface area contributed by atoms with Crippen LogP contribution in [0.1, 0.15) is 44.2 Å². The third-order valence-corrected chi connectivity index (χ3v) is 4.19. The summed E-state index contributed by atoms with van der Waals surface area (Å²) in [6.45, 7) is 2.10. The van der Waals surface area contributed by atoms with Gasteiger partial charge >= 0.3 is 0 Å². The summed E-state index contributed by atoms with van der Waals surface area (Å²) in [5.74, 6) is 0. The minimum atomic E-state index is -0.117. The van der Waals surface area contributed by atoms with Gasteiger partial charge in [0.1, 0.15) is 0 Å². The second-order valence-electron chi connectivity index (χ2n) is 5.06. The van der Waals surface area contributed by atoms with E-state index in [-0.39, 0.29) is 12.1 Å². The molecule has 1 fully saturated rings. The van der Waals surface area contributed by atoms with Gasteiger partial charge in [0.05, 0.1) is 6.10 Å². The zero-order chi connectivity index (χ0) is 13.1. The summed E-state index contributed by atoms with van der Waals surface area (Å²) in [5.41, 5.74) is 1.04. The van der Waals surface area contributed by atoms with Crippen molar-refractivity contribution in [1.29, 1.82) is 0 Å². The third-order valence-electron chi connectivity index (χ3n) is 3.61. The van der Waals surface area contributed by atoms with Crippen LogP contribution in [0, 0.1) is 0 Å². The van der Waals surface area contributed by atoms with E-state index in [4.69, 9.17) is 23.2 Å². The van der Waals surface area contributed by atoms with E-state index in [2.05, 4.69) is 12.2 Å². The van der Waals surface area contributed by atoms with Gasteiger partial charge in [0.2, 0.25) is 0 Å². The molecule has 2 N–H and O–H groups in total. The molecule has 18 heavy (non-hydrogen) atoms. The lowest BCUT2D eigenvalue weighted by Crippen LogP contribution is -2.36. The number of hydrogen-bond donors (Lipinski definition) is 2. The van der Waals surface area contributed by atoms with Gasteiger partial charge in [-0.05, 0) is 56.4 Å². The molecule has 1 atom stereocenters. The summed E-state index contributed by atoms with van der Waals surface area (Å²) < 4.78 is 0. The fourth-order valence-electron chi connectivity index (χ4n) is 2.53. The van der Waals surface area contributed by atoms with E-state index in [1.165, 1.54) is 0 Å². The molecule has 1 aromatic rings. The summed E-state index contributed by atoms with van der Waals surface area (Å²) in [6.07, 6.45) is 3.68. The molecule has 0 aliphatic heterocycles. The van der Waals surface area contributed by atoms with Crippen LogP contribution in [-0.2, 0) is 0 Å². The van der Waals surface area contributed by atoms with E-state index in [1.54, 1.807) is 6.07 Å². The molecule has 4 heteroatoms. The Morgan fingerprint density at radius 2 is 1.89 bits per heavy atom. The first-order chi connectivity index (χ1) is 8.56. The van der Waals surface area contributed by atoms with Crippen LogP contribution in [0.5, 0.6) is 0 Å². The first-order valence-corrected chi connectivity index (χ1v) is 7.21. The van der Waals surface area contributed by atoms with E-state index in [1.807, 2.05) is 12.1 Å². The second-order valence-corrected chi connectivity index (χ2v) is 5.90. The lowest BCUT2D eigenvalue weighted by Gasteiger charge is -2.29. The molecule has 1 aliphatic rings. The molecule has 2 nitrogen and oxygen atoms in total. The van der Waals surface area contributed by atoms with E-state index >= 15 is 0 Å². The van der Waals surface area contributed by atoms with Crippen molar-refractivity contribution in [2.24, 2.45) is 0 Å². The van der Waals surface area contributed by atoms with Crippen molar-refractivity contribution in [3.05, 3.63) is 33.8 Å². The topological polar surface area (TPSA) is 32.3 Å². The summed E-state index contributed by atoms with van der Waals surface area (Å²) in [5, 5.41) is 14.5. The number of aliphatic hydroxyl groups is 1. The Kier molecular flexibility index (Phi) is 4.91. The van der Waals surface area contributed by atoms with Crippen LogP contribution in [0.25, 0.3) is 0 Å². The van der Waals surface area contributed by atoms with E-state index in [0.29, 0.717) is 11.1 Å². The normalized spacial score (nSPS) is 26.0. The van der Waals surface area contributed by atoms with Crippen LogP contribution in [0.15, 0.2) is 18.2 Å². The van der Waals surface area contributed by atoms with Crippen LogP contribution in [0.2, 0.25) is 10.0 Å². The molecule has 0 amide bonds. The van der Waals surface area contributed by atoms with Gasteiger partial charge in [0, 0.05) is 22.1 Å². The Morgan fingerprint density at radius 3 is 2.56 bits per heavy atom. The summed E-state index contributed by atoms with van der Waals surface area (Å²) in [4.78, 5) is 0. The van der Waals surface area contributed by atoms with Crippen molar-refractivity contribution in [3.63, 3.8) is 0 Å². The highest BCUT2D eigenvalue weighted by Crippen LogP contribution is 2.28. The predicted molar refractivity (Wildman–Crippen MR) is 76.3 cm³/mol. The molecule has 0 spiro atoms. The first-order valence-electron chi connectivity index (χ1n) is 6.45. The summed E-state index contributed by atoms with van der Waals surface area (Å²) in [7, 11) is 0. The highest BCUT2D eigenvalue weighted by atomic mass is 35.5. The van der Waals surface area contributed by atoms with E-state index in [9.17, 15) is 5.11 Å². The van der Waals surface area contributed by atoms with E-state index < -0.39 is 0 Å². The molecule has 0 saturated heterocycles. The molecule has 0 heterocycles. The number of aliphatic hydroxyl groups excluding tert-OH is 1. The second kappa shape index (κ2) is 6.25. The maximum absolute atomic E-state index is 9.49. The number of rotatable bonds is 3. The van der Waals surface area contributed by atoms with Gasteiger partial charge in [-0.25, -0.2) is 0 Å². The van der Waals surface area contributed by atoms with Crippen LogP contribution in [0.4, 0.5) is 0 Å². The van der Waals surface area contributed by atoms with Crippen LogP contribution in [-0.4, -0.2) is 17.3 Å². The van der Waals surface area contributed by atoms with Crippen LogP contribution < -0.4 is 5.32 Å². The Morgan fingerprint density at radius 1 is 1.22 bits per heavy atom. The summed E-state index contributed by atoms with van der Waals surface area (Å²) in [6, 6.07) is 6.19. The molecule has 1 aliphatic carbocycles. The predicted octanol–water partition coefficient (Wildman–Crippen LogP) is 3.95.